The van der Waals surface area contributed by atoms with Gasteiger partial charge in [0.25, 0.3) is 5.91 Å². The lowest BCUT2D eigenvalue weighted by atomic mass is 10.1. The molecule has 1 rings (SSSR count). The number of halogens is 3. The summed E-state index contributed by atoms with van der Waals surface area (Å²) >= 11 is 5.55. The van der Waals surface area contributed by atoms with Crippen LogP contribution in [0, 0.1) is 10.7 Å². The minimum atomic E-state index is -1.16. The maximum Gasteiger partial charge on any atom is 0.337 e. The average molecular weight is 646 g/mol. The first-order valence-corrected chi connectivity index (χ1v) is 9.21. The molecule has 1 aromatic carbocycles. The van der Waals surface area contributed by atoms with E-state index in [1.54, 1.807) is 0 Å². The number of aromatic carboxylic acids is 1. The Morgan fingerprint density at radius 3 is 1.82 bits per heavy atom. The van der Waals surface area contributed by atoms with Gasteiger partial charge in [0.15, 0.2) is 0 Å². The van der Waals surface area contributed by atoms with E-state index < -0.39 is 11.9 Å². The molecule has 1 aromatic rings. The summed E-state index contributed by atoms with van der Waals surface area (Å²) in [5, 5.41) is 27.4. The number of amides is 1. The number of nitrogens with zero attached hydrogens (tertiary/aromatic N) is 1. The van der Waals surface area contributed by atoms with Gasteiger partial charge in [-0.25, -0.2) is 4.79 Å². The van der Waals surface area contributed by atoms with Crippen molar-refractivity contribution in [1.82, 2.24) is 4.90 Å². The van der Waals surface area contributed by atoms with Gasteiger partial charge in [0.1, 0.15) is 0 Å². The zero-order valence-corrected chi connectivity index (χ0v) is 17.6. The van der Waals surface area contributed by atoms with Crippen molar-refractivity contribution in [2.45, 2.75) is 0 Å². The third-order valence-corrected chi connectivity index (χ3v) is 6.13. The first kappa shape index (κ1) is 20.1. The van der Waals surface area contributed by atoms with Gasteiger partial charge in [0, 0.05) is 16.7 Å². The molecule has 0 aliphatic heterocycles. The van der Waals surface area contributed by atoms with Gasteiger partial charge in [0.2, 0.25) is 0 Å². The van der Waals surface area contributed by atoms with Crippen LogP contribution in [0.2, 0.25) is 0 Å². The van der Waals surface area contributed by atoms with Gasteiger partial charge in [-0.2, -0.15) is 0 Å². The van der Waals surface area contributed by atoms with E-state index >= 15 is 0 Å². The molecular formula is C12H13I3N2O5. The van der Waals surface area contributed by atoms with Gasteiger partial charge in [-0.15, -0.1) is 0 Å². The number of carbonyl (C=O) groups excluding carboxylic acids is 1. The Balaban J connectivity index is 3.52. The first-order chi connectivity index (χ1) is 10.3. The molecule has 0 atom stereocenters. The Labute approximate surface area is 167 Å². The predicted molar refractivity (Wildman–Crippen MR) is 106 cm³/mol. The van der Waals surface area contributed by atoms with E-state index in [2.05, 4.69) is 0 Å². The van der Waals surface area contributed by atoms with Gasteiger partial charge < -0.3 is 26.0 Å². The van der Waals surface area contributed by atoms with Crippen LogP contribution in [0.15, 0.2) is 0 Å². The fourth-order valence-electron chi connectivity index (χ4n) is 1.77. The molecule has 0 saturated heterocycles. The van der Waals surface area contributed by atoms with Crippen molar-refractivity contribution < 1.29 is 24.9 Å². The first-order valence-electron chi connectivity index (χ1n) is 5.98. The number of nitrogen functional groups attached to an aromatic ring is 1. The SMILES string of the molecule is Nc1c(I)c(C(=O)O)c(I)c(C(=O)N(CCO)CCO)c1I. The van der Waals surface area contributed by atoms with Crippen LogP contribution in [0.25, 0.3) is 0 Å². The molecule has 0 saturated carbocycles. The van der Waals surface area contributed by atoms with Crippen molar-refractivity contribution in [1.29, 1.82) is 0 Å². The Hall–Kier alpha value is 0.0700. The smallest absolute Gasteiger partial charge is 0.337 e. The molecule has 0 fully saturated rings. The summed E-state index contributed by atoms with van der Waals surface area (Å²) < 4.78 is 1.13. The minimum Gasteiger partial charge on any atom is -0.478 e. The van der Waals surface area contributed by atoms with Crippen LogP contribution in [-0.4, -0.2) is 58.4 Å². The Morgan fingerprint density at radius 2 is 1.41 bits per heavy atom. The van der Waals surface area contributed by atoms with Crippen molar-refractivity contribution in [2.24, 2.45) is 0 Å². The van der Waals surface area contributed by atoms with Gasteiger partial charge in [-0.05, 0) is 67.8 Å². The third kappa shape index (κ3) is 4.12. The van der Waals surface area contributed by atoms with E-state index in [4.69, 9.17) is 15.9 Å². The van der Waals surface area contributed by atoms with Crippen LogP contribution in [0.5, 0.6) is 0 Å². The highest BCUT2D eigenvalue weighted by atomic mass is 127. The lowest BCUT2D eigenvalue weighted by Gasteiger charge is -2.23. The van der Waals surface area contributed by atoms with E-state index in [9.17, 15) is 14.7 Å². The van der Waals surface area contributed by atoms with Gasteiger partial charge in [-0.3, -0.25) is 4.79 Å². The molecule has 0 aliphatic rings. The number of carbonyl (C=O) groups is 2. The molecular weight excluding hydrogens is 633 g/mol. The lowest BCUT2D eigenvalue weighted by molar-refractivity contribution is 0.0681. The molecule has 22 heavy (non-hydrogen) atoms. The highest BCUT2D eigenvalue weighted by Gasteiger charge is 2.28. The molecule has 0 aromatic heterocycles. The summed E-state index contributed by atoms with van der Waals surface area (Å²) in [4.78, 5) is 25.3. The Bertz CT molecular complexity index is 603. The molecule has 5 N–H and O–H groups in total. The van der Waals surface area contributed by atoms with Crippen LogP contribution in [0.1, 0.15) is 20.7 Å². The summed E-state index contributed by atoms with van der Waals surface area (Å²) in [5.41, 5.74) is 6.32. The normalized spacial score (nSPS) is 10.6. The lowest BCUT2D eigenvalue weighted by Crippen LogP contribution is -2.37. The summed E-state index contributed by atoms with van der Waals surface area (Å²) in [6, 6.07) is 0. The summed E-state index contributed by atoms with van der Waals surface area (Å²) in [7, 11) is 0. The molecule has 0 bridgehead atoms. The van der Waals surface area contributed by atoms with E-state index in [-0.39, 0.29) is 43.1 Å². The second-order valence-electron chi connectivity index (χ2n) is 4.15. The molecule has 10 heteroatoms. The topological polar surface area (TPSA) is 124 Å². The van der Waals surface area contributed by atoms with Crippen molar-refractivity contribution in [3.05, 3.63) is 21.8 Å². The number of aliphatic hydroxyl groups excluding tert-OH is 2. The number of aliphatic hydroxyl groups is 2. The standard InChI is InChI=1S/C12H13I3N2O5/c13-7-5(11(20)17(1-3-18)2-4-19)8(14)10(16)9(15)6(7)12(21)22/h18-19H,1-4,16H2,(H,21,22). The average Bonchev–Trinajstić information content (AvgIpc) is 2.44. The Morgan fingerprint density at radius 1 is 0.955 bits per heavy atom. The van der Waals surface area contributed by atoms with Crippen molar-refractivity contribution in [2.75, 3.05) is 32.0 Å². The predicted octanol–water partition coefficient (Wildman–Crippen LogP) is 1.21. The molecule has 0 heterocycles. The summed E-state index contributed by atoms with van der Waals surface area (Å²) in [5.74, 6) is -1.63. The summed E-state index contributed by atoms with van der Waals surface area (Å²) in [6.45, 7) is -0.436. The number of anilines is 1. The highest BCUT2D eigenvalue weighted by molar-refractivity contribution is 14.1. The maximum atomic E-state index is 12.6. The zero-order chi connectivity index (χ0) is 17.0. The van der Waals surface area contributed by atoms with Crippen LogP contribution >= 0.6 is 67.8 Å². The van der Waals surface area contributed by atoms with E-state index in [1.165, 1.54) is 4.90 Å². The molecule has 0 unspecified atom stereocenters. The molecule has 0 radical (unpaired) electrons. The fraction of sp³-hybridized carbons (Fsp3) is 0.333. The highest BCUT2D eigenvalue weighted by Crippen LogP contribution is 2.34. The monoisotopic (exact) mass is 646 g/mol. The largest absolute Gasteiger partial charge is 0.478 e. The van der Waals surface area contributed by atoms with Crippen LogP contribution < -0.4 is 5.73 Å². The van der Waals surface area contributed by atoms with E-state index in [0.717, 1.165) is 0 Å². The second-order valence-corrected chi connectivity index (χ2v) is 7.39. The number of hydrogen-bond acceptors (Lipinski definition) is 5. The fourth-order valence-corrected chi connectivity index (χ4v) is 5.86. The number of nitrogens with two attached hydrogens (primary N) is 1. The van der Waals surface area contributed by atoms with Crippen molar-refractivity contribution in [3.63, 3.8) is 0 Å². The third-order valence-electron chi connectivity index (χ3n) is 2.81. The number of hydrogen-bond donors (Lipinski definition) is 4. The van der Waals surface area contributed by atoms with Gasteiger partial charge in [0.05, 0.1) is 37.2 Å². The maximum absolute atomic E-state index is 12.6. The van der Waals surface area contributed by atoms with Gasteiger partial charge >= 0.3 is 5.97 Å². The molecule has 0 spiro atoms. The summed E-state index contributed by atoms with van der Waals surface area (Å²) in [6.07, 6.45) is 0. The Kier molecular flexibility index (Phi) is 8.04. The molecule has 1 amide bonds. The number of carboxylic acids is 1. The van der Waals surface area contributed by atoms with E-state index in [0.29, 0.717) is 10.7 Å². The second kappa shape index (κ2) is 8.79. The van der Waals surface area contributed by atoms with Crippen LogP contribution in [-0.2, 0) is 0 Å². The number of benzene rings is 1. The molecule has 0 aliphatic carbocycles. The number of rotatable bonds is 6. The van der Waals surface area contributed by atoms with Crippen LogP contribution in [0.4, 0.5) is 5.69 Å². The molecule has 122 valence electrons. The molecule has 7 nitrogen and oxygen atoms in total. The van der Waals surface area contributed by atoms with Crippen molar-refractivity contribution in [3.8, 4) is 0 Å². The van der Waals surface area contributed by atoms with E-state index in [1.807, 2.05) is 67.8 Å². The van der Waals surface area contributed by atoms with Gasteiger partial charge in [-0.1, -0.05) is 0 Å². The minimum absolute atomic E-state index is 0.0181. The van der Waals surface area contributed by atoms with Crippen LogP contribution in [0.3, 0.4) is 0 Å². The number of carboxylic acid groups (broad SMARTS) is 1. The van der Waals surface area contributed by atoms with Crippen molar-refractivity contribution >= 4 is 85.3 Å². The quantitative estimate of drug-likeness (QED) is 0.273. The zero-order valence-electron chi connectivity index (χ0n) is 11.1.